The average molecular weight is 320 g/mol. The second-order valence-electron chi connectivity index (χ2n) is 4.94. The van der Waals surface area contributed by atoms with Crippen molar-refractivity contribution in [2.24, 2.45) is 10.4 Å². The number of carbonyl (C=O) groups excluding carboxylic acids is 1. The fourth-order valence-electron chi connectivity index (χ4n) is 0.613. The van der Waals surface area contributed by atoms with E-state index >= 15 is 0 Å². The molecular formula is C13H22BrNOS. The third-order valence-electron chi connectivity index (χ3n) is 1.26. The molecule has 0 atom stereocenters. The Morgan fingerprint density at radius 1 is 1.35 bits per heavy atom. The fraction of sp³-hybridized carbons (Fsp3) is 0.538. The van der Waals surface area contributed by atoms with E-state index in [1.165, 1.54) is 4.88 Å². The lowest BCUT2D eigenvalue weighted by molar-refractivity contribution is -0.0979. The maximum absolute atomic E-state index is 8.00. The Balaban J connectivity index is 0. The van der Waals surface area contributed by atoms with Crippen molar-refractivity contribution in [2.75, 3.05) is 7.05 Å². The number of hydrogen-bond acceptors (Lipinski definition) is 3. The Hall–Kier alpha value is -0.480. The van der Waals surface area contributed by atoms with Crippen LogP contribution in [-0.4, -0.2) is 19.5 Å². The molecule has 0 aliphatic rings. The number of nitrogens with zero attached hydrogens (tertiary/aromatic N) is 1. The van der Waals surface area contributed by atoms with Crippen molar-refractivity contribution in [3.05, 3.63) is 20.8 Å². The van der Waals surface area contributed by atoms with Crippen molar-refractivity contribution < 1.29 is 4.79 Å². The van der Waals surface area contributed by atoms with E-state index in [0.717, 1.165) is 10.2 Å². The lowest BCUT2D eigenvalue weighted by Crippen LogP contribution is -1.93. The van der Waals surface area contributed by atoms with Crippen LogP contribution in [0.1, 0.15) is 39.5 Å². The number of hydrogen-bond donors (Lipinski definition) is 0. The standard InChI is InChI=1S/C7H8BrNS.C5H12.CH2O/c1-5(9-2)7-3-6(8)4-10-7;1-5(2,3)4;1-2/h3-4H,1-2H3;1-4H3;1H2. The second-order valence-corrected chi connectivity index (χ2v) is 6.77. The van der Waals surface area contributed by atoms with Gasteiger partial charge >= 0.3 is 0 Å². The topological polar surface area (TPSA) is 29.4 Å². The van der Waals surface area contributed by atoms with Crippen LogP contribution in [0.4, 0.5) is 0 Å². The maximum Gasteiger partial charge on any atom is 0.106 e. The van der Waals surface area contributed by atoms with Gasteiger partial charge in [-0.1, -0.05) is 27.7 Å². The van der Waals surface area contributed by atoms with E-state index in [-0.39, 0.29) is 0 Å². The molecule has 1 heterocycles. The van der Waals surface area contributed by atoms with Gasteiger partial charge in [0.1, 0.15) is 6.79 Å². The lowest BCUT2D eigenvalue weighted by Gasteiger charge is -2.05. The van der Waals surface area contributed by atoms with E-state index in [1.54, 1.807) is 11.3 Å². The van der Waals surface area contributed by atoms with Crippen molar-refractivity contribution in [1.82, 2.24) is 0 Å². The highest BCUT2D eigenvalue weighted by atomic mass is 79.9. The maximum atomic E-state index is 8.00. The minimum atomic E-state index is 0.500. The monoisotopic (exact) mass is 319 g/mol. The molecule has 0 N–H and O–H groups in total. The van der Waals surface area contributed by atoms with Gasteiger partial charge in [-0.2, -0.15) is 0 Å². The summed E-state index contributed by atoms with van der Waals surface area (Å²) in [6.45, 7) is 12.8. The molecule has 1 aromatic heterocycles. The van der Waals surface area contributed by atoms with E-state index in [0.29, 0.717) is 5.41 Å². The van der Waals surface area contributed by atoms with Crippen LogP contribution in [0.25, 0.3) is 0 Å². The molecule has 0 aliphatic heterocycles. The smallest absolute Gasteiger partial charge is 0.106 e. The van der Waals surface area contributed by atoms with E-state index in [4.69, 9.17) is 4.79 Å². The zero-order valence-corrected chi connectivity index (χ0v) is 13.9. The van der Waals surface area contributed by atoms with E-state index in [1.807, 2.05) is 20.8 Å². The third-order valence-corrected chi connectivity index (χ3v) is 3.06. The Morgan fingerprint density at radius 2 is 1.76 bits per heavy atom. The molecule has 17 heavy (non-hydrogen) atoms. The van der Waals surface area contributed by atoms with Crippen LogP contribution in [-0.2, 0) is 4.79 Å². The van der Waals surface area contributed by atoms with Crippen molar-refractivity contribution >= 4 is 39.8 Å². The van der Waals surface area contributed by atoms with Crippen molar-refractivity contribution in [2.45, 2.75) is 34.6 Å². The summed E-state index contributed by atoms with van der Waals surface area (Å²) in [7, 11) is 1.81. The van der Waals surface area contributed by atoms with Crippen LogP contribution in [0.3, 0.4) is 0 Å². The molecule has 0 bridgehead atoms. The third kappa shape index (κ3) is 13.5. The molecule has 0 amide bonds. The summed E-state index contributed by atoms with van der Waals surface area (Å²) >= 11 is 5.09. The first-order valence-corrected chi connectivity index (χ1v) is 6.88. The zero-order valence-electron chi connectivity index (χ0n) is 11.5. The van der Waals surface area contributed by atoms with Crippen LogP contribution in [0, 0.1) is 5.41 Å². The van der Waals surface area contributed by atoms with Crippen molar-refractivity contribution in [3.63, 3.8) is 0 Å². The van der Waals surface area contributed by atoms with Crippen molar-refractivity contribution in [3.8, 4) is 0 Å². The summed E-state index contributed by atoms with van der Waals surface area (Å²) in [6, 6.07) is 2.08. The molecule has 0 saturated carbocycles. The van der Waals surface area contributed by atoms with Gasteiger partial charge in [0.25, 0.3) is 0 Å². The van der Waals surface area contributed by atoms with E-state index < -0.39 is 0 Å². The minimum absolute atomic E-state index is 0.500. The van der Waals surface area contributed by atoms with Gasteiger partial charge in [-0.15, -0.1) is 11.3 Å². The number of rotatable bonds is 1. The van der Waals surface area contributed by atoms with Crippen LogP contribution < -0.4 is 0 Å². The molecule has 1 aromatic rings. The van der Waals surface area contributed by atoms with Gasteiger partial charge in [0.2, 0.25) is 0 Å². The summed E-state index contributed by atoms with van der Waals surface area (Å²) in [6.07, 6.45) is 0. The molecule has 2 nitrogen and oxygen atoms in total. The summed E-state index contributed by atoms with van der Waals surface area (Å²) in [4.78, 5) is 13.3. The van der Waals surface area contributed by atoms with E-state index in [9.17, 15) is 0 Å². The SMILES string of the molecule is C=O.CC(C)(C)C.CN=C(C)c1cc(Br)cs1. The lowest BCUT2D eigenvalue weighted by atomic mass is 10.0. The molecule has 0 spiro atoms. The molecule has 0 aromatic carbocycles. The average Bonchev–Trinajstić information content (AvgIpc) is 2.64. The van der Waals surface area contributed by atoms with Gasteiger partial charge in [0.05, 0.1) is 0 Å². The molecule has 1 rings (SSSR count). The van der Waals surface area contributed by atoms with Gasteiger partial charge in [-0.25, -0.2) is 0 Å². The van der Waals surface area contributed by atoms with Crippen LogP contribution in [0.15, 0.2) is 20.9 Å². The van der Waals surface area contributed by atoms with Gasteiger partial charge in [0.15, 0.2) is 0 Å². The largest absolute Gasteiger partial charge is 0.307 e. The summed E-state index contributed by atoms with van der Waals surface area (Å²) in [5.74, 6) is 0. The molecule has 4 heteroatoms. The zero-order chi connectivity index (χ0) is 14.1. The minimum Gasteiger partial charge on any atom is -0.307 e. The molecule has 0 fully saturated rings. The molecule has 0 radical (unpaired) electrons. The Labute approximate surface area is 117 Å². The fourth-order valence-corrected chi connectivity index (χ4v) is 2.04. The number of carbonyl (C=O) groups is 1. The van der Waals surface area contributed by atoms with Crippen LogP contribution in [0.5, 0.6) is 0 Å². The Bertz CT molecular complexity index is 333. The van der Waals surface area contributed by atoms with E-state index in [2.05, 4.69) is 60.1 Å². The molecule has 0 saturated heterocycles. The first-order chi connectivity index (χ1) is 7.74. The molecule has 0 unspecified atom stereocenters. The molecule has 98 valence electrons. The second kappa shape index (κ2) is 9.54. The number of aliphatic imine (C=N–C) groups is 1. The Kier molecular flexibility index (Phi) is 10.6. The van der Waals surface area contributed by atoms with Crippen molar-refractivity contribution in [1.29, 1.82) is 0 Å². The van der Waals surface area contributed by atoms with Gasteiger partial charge in [0, 0.05) is 27.5 Å². The Morgan fingerprint density at radius 3 is 2.00 bits per heavy atom. The quantitative estimate of drug-likeness (QED) is 0.682. The van der Waals surface area contributed by atoms with Gasteiger partial charge in [-0.3, -0.25) is 4.99 Å². The van der Waals surface area contributed by atoms with Gasteiger partial charge in [-0.05, 0) is 34.3 Å². The molecular weight excluding hydrogens is 298 g/mol. The normalized spacial score (nSPS) is 10.9. The predicted octanol–water partition coefficient (Wildman–Crippen LogP) is 4.82. The summed E-state index contributed by atoms with van der Waals surface area (Å²) in [5, 5.41) is 2.06. The first kappa shape index (κ1) is 18.9. The summed E-state index contributed by atoms with van der Waals surface area (Å²) < 4.78 is 1.13. The highest BCUT2D eigenvalue weighted by Crippen LogP contribution is 2.20. The highest BCUT2D eigenvalue weighted by molar-refractivity contribution is 9.10. The summed E-state index contributed by atoms with van der Waals surface area (Å²) in [5.41, 5.74) is 1.59. The molecule has 0 aliphatic carbocycles. The number of thiophene rings is 1. The highest BCUT2D eigenvalue weighted by Gasteiger charge is 1.98. The van der Waals surface area contributed by atoms with Crippen LogP contribution >= 0.6 is 27.3 Å². The van der Waals surface area contributed by atoms with Gasteiger partial charge < -0.3 is 4.79 Å². The van der Waals surface area contributed by atoms with Crippen LogP contribution in [0.2, 0.25) is 0 Å². The first-order valence-electron chi connectivity index (χ1n) is 5.20. The number of halogens is 1. The predicted molar refractivity (Wildman–Crippen MR) is 82.4 cm³/mol.